The summed E-state index contributed by atoms with van der Waals surface area (Å²) in [5.41, 5.74) is 0.513. The van der Waals surface area contributed by atoms with Crippen LogP contribution in [0.2, 0.25) is 0 Å². The van der Waals surface area contributed by atoms with Gasteiger partial charge >= 0.3 is 6.61 Å². The first-order valence-electron chi connectivity index (χ1n) is 7.44. The number of guanidine groups is 1. The lowest BCUT2D eigenvalue weighted by molar-refractivity contribution is -0.0505. The van der Waals surface area contributed by atoms with Gasteiger partial charge in [-0.15, -0.1) is 0 Å². The summed E-state index contributed by atoms with van der Waals surface area (Å²) in [6.45, 7) is -1.31. The molecule has 2 rings (SSSR count). The van der Waals surface area contributed by atoms with Crippen LogP contribution < -0.4 is 24.8 Å². The number of rotatable bonds is 8. The SMILES string of the molecule is CN=C(NCCCOC)NCc1cc2c(cc1OC(F)F)OCO2. The second-order valence-electron chi connectivity index (χ2n) is 4.89. The van der Waals surface area contributed by atoms with Crippen molar-refractivity contribution in [2.24, 2.45) is 4.99 Å². The molecule has 1 aliphatic rings. The lowest BCUT2D eigenvalue weighted by atomic mass is 10.1. The molecule has 0 bridgehead atoms. The Morgan fingerprint density at radius 2 is 2.04 bits per heavy atom. The fraction of sp³-hybridized carbons (Fsp3) is 0.533. The molecule has 24 heavy (non-hydrogen) atoms. The fourth-order valence-electron chi connectivity index (χ4n) is 2.13. The van der Waals surface area contributed by atoms with Crippen LogP contribution in [0.3, 0.4) is 0 Å². The molecule has 134 valence electrons. The van der Waals surface area contributed by atoms with E-state index in [9.17, 15) is 8.78 Å². The third kappa shape index (κ3) is 5.12. The Balaban J connectivity index is 1.99. The molecule has 0 aromatic heterocycles. The molecule has 0 aliphatic carbocycles. The largest absolute Gasteiger partial charge is 0.454 e. The Hall–Kier alpha value is -2.29. The summed E-state index contributed by atoms with van der Waals surface area (Å²) in [7, 11) is 3.26. The van der Waals surface area contributed by atoms with E-state index in [1.807, 2.05) is 0 Å². The monoisotopic (exact) mass is 345 g/mol. The number of ether oxygens (including phenoxy) is 4. The van der Waals surface area contributed by atoms with Gasteiger partial charge in [-0.25, -0.2) is 0 Å². The fourth-order valence-corrected chi connectivity index (χ4v) is 2.13. The normalized spacial score (nSPS) is 13.3. The molecule has 9 heteroatoms. The van der Waals surface area contributed by atoms with E-state index in [1.54, 1.807) is 20.2 Å². The topological polar surface area (TPSA) is 73.3 Å². The van der Waals surface area contributed by atoms with Crippen molar-refractivity contribution in [2.45, 2.75) is 19.6 Å². The van der Waals surface area contributed by atoms with Gasteiger partial charge in [0.05, 0.1) is 0 Å². The molecule has 0 amide bonds. The zero-order chi connectivity index (χ0) is 17.4. The van der Waals surface area contributed by atoms with Crippen molar-refractivity contribution >= 4 is 5.96 Å². The highest BCUT2D eigenvalue weighted by Crippen LogP contribution is 2.38. The third-order valence-corrected chi connectivity index (χ3v) is 3.26. The van der Waals surface area contributed by atoms with Crippen LogP contribution in [0.25, 0.3) is 0 Å². The first kappa shape index (κ1) is 18.1. The summed E-state index contributed by atoms with van der Waals surface area (Å²) in [4.78, 5) is 4.07. The number of alkyl halides is 2. The Labute approximate surface area is 138 Å². The van der Waals surface area contributed by atoms with Crippen LogP contribution >= 0.6 is 0 Å². The highest BCUT2D eigenvalue weighted by molar-refractivity contribution is 5.79. The number of hydrogen-bond donors (Lipinski definition) is 2. The van der Waals surface area contributed by atoms with Crippen molar-refractivity contribution in [3.63, 3.8) is 0 Å². The molecule has 0 atom stereocenters. The molecule has 0 saturated carbocycles. The average molecular weight is 345 g/mol. The number of nitrogens with zero attached hydrogens (tertiary/aromatic N) is 1. The molecular formula is C15H21F2N3O4. The number of aliphatic imine (C=N–C) groups is 1. The van der Waals surface area contributed by atoms with Gasteiger partial charge in [-0.05, 0) is 12.5 Å². The zero-order valence-electron chi connectivity index (χ0n) is 13.6. The number of hydrogen-bond acceptors (Lipinski definition) is 5. The first-order valence-corrected chi connectivity index (χ1v) is 7.44. The third-order valence-electron chi connectivity index (χ3n) is 3.26. The van der Waals surface area contributed by atoms with Crippen LogP contribution in [0.4, 0.5) is 8.78 Å². The van der Waals surface area contributed by atoms with Crippen molar-refractivity contribution in [1.29, 1.82) is 0 Å². The van der Waals surface area contributed by atoms with Gasteiger partial charge in [-0.2, -0.15) is 8.78 Å². The maximum Gasteiger partial charge on any atom is 0.387 e. The van der Waals surface area contributed by atoms with Gasteiger partial charge in [-0.1, -0.05) is 0 Å². The van der Waals surface area contributed by atoms with Crippen molar-refractivity contribution in [3.8, 4) is 17.2 Å². The summed E-state index contributed by atoms with van der Waals surface area (Å²) >= 11 is 0. The van der Waals surface area contributed by atoms with Gasteiger partial charge in [0.15, 0.2) is 17.5 Å². The smallest absolute Gasteiger partial charge is 0.387 e. The molecule has 1 heterocycles. The summed E-state index contributed by atoms with van der Waals surface area (Å²) < 4.78 is 45.2. The van der Waals surface area contributed by atoms with Gasteiger partial charge in [-0.3, -0.25) is 4.99 Å². The molecule has 0 spiro atoms. The number of halogens is 2. The molecule has 1 aromatic rings. The molecule has 0 saturated heterocycles. The number of nitrogens with one attached hydrogen (secondary N) is 2. The van der Waals surface area contributed by atoms with Crippen LogP contribution in [0.1, 0.15) is 12.0 Å². The summed E-state index contributed by atoms with van der Waals surface area (Å²) in [5, 5.41) is 6.15. The van der Waals surface area contributed by atoms with E-state index < -0.39 is 6.61 Å². The van der Waals surface area contributed by atoms with Crippen molar-refractivity contribution in [2.75, 3.05) is 34.1 Å². The quantitative estimate of drug-likeness (QED) is 0.425. The standard InChI is InChI=1S/C15H21F2N3O4/c1-18-15(19-4-3-5-21-2)20-8-10-6-12-13(23-9-22-12)7-11(10)24-14(16)17/h6-7,14H,3-5,8-9H2,1-2H3,(H2,18,19,20). The van der Waals surface area contributed by atoms with Crippen molar-refractivity contribution in [1.82, 2.24) is 10.6 Å². The Morgan fingerprint density at radius 3 is 2.71 bits per heavy atom. The highest BCUT2D eigenvalue weighted by atomic mass is 19.3. The summed E-state index contributed by atoms with van der Waals surface area (Å²) in [6.07, 6.45) is 0.820. The van der Waals surface area contributed by atoms with E-state index in [2.05, 4.69) is 20.4 Å². The molecular weight excluding hydrogens is 324 g/mol. The molecule has 7 nitrogen and oxygen atoms in total. The van der Waals surface area contributed by atoms with E-state index >= 15 is 0 Å². The molecule has 1 aromatic carbocycles. The molecule has 2 N–H and O–H groups in total. The Kier molecular flexibility index (Phi) is 6.86. The van der Waals surface area contributed by atoms with E-state index in [0.717, 1.165) is 6.42 Å². The van der Waals surface area contributed by atoms with Gasteiger partial charge in [0, 0.05) is 45.5 Å². The number of methoxy groups -OCH3 is 1. The second kappa shape index (κ2) is 9.11. The average Bonchev–Trinajstić information content (AvgIpc) is 3.00. The van der Waals surface area contributed by atoms with Crippen LogP contribution in [0.5, 0.6) is 17.2 Å². The van der Waals surface area contributed by atoms with Crippen LogP contribution in [-0.4, -0.2) is 46.7 Å². The molecule has 0 unspecified atom stereocenters. The zero-order valence-corrected chi connectivity index (χ0v) is 13.6. The molecule has 1 aliphatic heterocycles. The predicted octanol–water partition coefficient (Wildman–Crippen LogP) is 1.72. The highest BCUT2D eigenvalue weighted by Gasteiger charge is 2.20. The second-order valence-corrected chi connectivity index (χ2v) is 4.89. The maximum atomic E-state index is 12.6. The van der Waals surface area contributed by atoms with Crippen LogP contribution in [0.15, 0.2) is 17.1 Å². The molecule has 0 radical (unpaired) electrons. The lowest BCUT2D eigenvalue weighted by Gasteiger charge is -2.15. The number of benzene rings is 1. The van der Waals surface area contributed by atoms with Gasteiger partial charge in [0.25, 0.3) is 0 Å². The minimum absolute atomic E-state index is 0.0385. The summed E-state index contributed by atoms with van der Waals surface area (Å²) in [5.74, 6) is 1.47. The number of fused-ring (bicyclic) bond motifs is 1. The first-order chi connectivity index (χ1) is 11.6. The minimum atomic E-state index is -2.92. The van der Waals surface area contributed by atoms with E-state index in [-0.39, 0.29) is 19.1 Å². The minimum Gasteiger partial charge on any atom is -0.454 e. The Morgan fingerprint density at radius 1 is 1.29 bits per heavy atom. The van der Waals surface area contributed by atoms with Gasteiger partial charge < -0.3 is 29.6 Å². The van der Waals surface area contributed by atoms with Gasteiger partial charge in [0.2, 0.25) is 6.79 Å². The summed E-state index contributed by atoms with van der Waals surface area (Å²) in [6, 6.07) is 3.02. The van der Waals surface area contributed by atoms with E-state index in [1.165, 1.54) is 6.07 Å². The van der Waals surface area contributed by atoms with Crippen LogP contribution in [-0.2, 0) is 11.3 Å². The van der Waals surface area contributed by atoms with E-state index in [4.69, 9.17) is 14.2 Å². The Bertz CT molecular complexity index is 570. The van der Waals surface area contributed by atoms with E-state index in [0.29, 0.717) is 36.2 Å². The van der Waals surface area contributed by atoms with Crippen molar-refractivity contribution in [3.05, 3.63) is 17.7 Å². The van der Waals surface area contributed by atoms with Crippen LogP contribution in [0, 0.1) is 0 Å². The van der Waals surface area contributed by atoms with Gasteiger partial charge in [0.1, 0.15) is 5.75 Å². The molecule has 0 fully saturated rings. The lowest BCUT2D eigenvalue weighted by Crippen LogP contribution is -2.37. The predicted molar refractivity (Wildman–Crippen MR) is 83.9 cm³/mol. The maximum absolute atomic E-state index is 12.6. The van der Waals surface area contributed by atoms with Crippen molar-refractivity contribution < 1.29 is 27.7 Å².